The Morgan fingerprint density at radius 3 is 3.05 bits per heavy atom. The second kappa shape index (κ2) is 5.58. The summed E-state index contributed by atoms with van der Waals surface area (Å²) in [7, 11) is 0. The van der Waals surface area contributed by atoms with Crippen LogP contribution < -0.4 is 10.1 Å². The number of hydrogen-bond acceptors (Lipinski definition) is 4. The molecule has 1 aromatic carbocycles. The van der Waals surface area contributed by atoms with Crippen LogP contribution in [0.4, 0.5) is 9.52 Å². The Kier molecular flexibility index (Phi) is 3.64. The minimum atomic E-state index is -0.478. The van der Waals surface area contributed by atoms with Crippen molar-refractivity contribution in [1.82, 2.24) is 4.98 Å². The highest BCUT2D eigenvalue weighted by Gasteiger charge is 2.17. The third-order valence-corrected chi connectivity index (χ3v) is 4.11. The number of benzene rings is 1. The average molecular weight is 292 g/mol. The number of para-hydroxylation sites is 1. The van der Waals surface area contributed by atoms with Crippen LogP contribution in [0.2, 0.25) is 0 Å². The van der Waals surface area contributed by atoms with Gasteiger partial charge in [0.05, 0.1) is 5.69 Å². The highest BCUT2D eigenvalue weighted by molar-refractivity contribution is 7.15. The molecule has 1 aromatic heterocycles. The minimum Gasteiger partial charge on any atom is -0.481 e. The van der Waals surface area contributed by atoms with Gasteiger partial charge in [0.15, 0.2) is 23.3 Å². The summed E-state index contributed by atoms with van der Waals surface area (Å²) in [5.41, 5.74) is 1.08. The highest BCUT2D eigenvalue weighted by Crippen LogP contribution is 2.30. The molecule has 0 saturated carbocycles. The number of carbonyl (C=O) groups is 1. The Morgan fingerprint density at radius 2 is 2.25 bits per heavy atom. The number of ether oxygens (including phenoxy) is 1. The monoisotopic (exact) mass is 292 g/mol. The van der Waals surface area contributed by atoms with E-state index < -0.39 is 5.82 Å². The van der Waals surface area contributed by atoms with Gasteiger partial charge >= 0.3 is 0 Å². The lowest BCUT2D eigenvalue weighted by Gasteiger charge is -2.06. The number of halogens is 1. The molecule has 3 rings (SSSR count). The van der Waals surface area contributed by atoms with E-state index in [0.29, 0.717) is 5.13 Å². The quantitative estimate of drug-likeness (QED) is 0.942. The molecule has 1 aliphatic carbocycles. The van der Waals surface area contributed by atoms with E-state index in [1.54, 1.807) is 12.1 Å². The summed E-state index contributed by atoms with van der Waals surface area (Å²) in [5, 5.41) is 3.28. The lowest BCUT2D eigenvalue weighted by atomic mass is 10.3. The molecule has 6 heteroatoms. The maximum atomic E-state index is 13.3. The van der Waals surface area contributed by atoms with E-state index in [9.17, 15) is 9.18 Å². The lowest BCUT2D eigenvalue weighted by Crippen LogP contribution is -2.20. The van der Waals surface area contributed by atoms with Crippen LogP contribution in [0.15, 0.2) is 24.3 Å². The van der Waals surface area contributed by atoms with Crippen LogP contribution in [0.1, 0.15) is 17.0 Å². The molecule has 0 saturated heterocycles. The van der Waals surface area contributed by atoms with E-state index >= 15 is 0 Å². The smallest absolute Gasteiger partial charge is 0.264 e. The standard InChI is InChI=1S/C14H13FN2O2S/c15-9-4-1-2-6-11(9)19-8-13(18)17-14-16-10-5-3-7-12(10)20-14/h1-2,4,6H,3,5,7-8H2,(H,16,17,18). The van der Waals surface area contributed by atoms with Crippen LogP contribution in [0.5, 0.6) is 5.75 Å². The molecule has 0 atom stereocenters. The van der Waals surface area contributed by atoms with Crippen LogP contribution in [-0.2, 0) is 17.6 Å². The molecular weight excluding hydrogens is 279 g/mol. The average Bonchev–Trinajstić information content (AvgIpc) is 2.98. The van der Waals surface area contributed by atoms with Crippen LogP contribution in [0.3, 0.4) is 0 Å². The molecule has 1 aliphatic rings. The van der Waals surface area contributed by atoms with Gasteiger partial charge < -0.3 is 4.74 Å². The van der Waals surface area contributed by atoms with Crippen molar-refractivity contribution in [3.8, 4) is 5.75 Å². The first-order chi connectivity index (χ1) is 9.72. The Labute approximate surface area is 119 Å². The van der Waals surface area contributed by atoms with Gasteiger partial charge in [-0.05, 0) is 31.4 Å². The molecule has 0 spiro atoms. The van der Waals surface area contributed by atoms with Crippen molar-refractivity contribution in [2.75, 3.05) is 11.9 Å². The topological polar surface area (TPSA) is 51.2 Å². The molecule has 0 fully saturated rings. The zero-order valence-electron chi connectivity index (χ0n) is 10.7. The van der Waals surface area contributed by atoms with Gasteiger partial charge in [0.1, 0.15) is 0 Å². The van der Waals surface area contributed by atoms with Gasteiger partial charge in [0, 0.05) is 4.88 Å². The van der Waals surface area contributed by atoms with E-state index in [4.69, 9.17) is 4.74 Å². The number of aromatic nitrogens is 1. The third-order valence-electron chi connectivity index (χ3n) is 3.04. The second-order valence-corrected chi connectivity index (χ2v) is 5.59. The fourth-order valence-corrected chi connectivity index (χ4v) is 3.17. The highest BCUT2D eigenvalue weighted by atomic mass is 32.1. The van der Waals surface area contributed by atoms with Crippen molar-refractivity contribution < 1.29 is 13.9 Å². The summed E-state index contributed by atoms with van der Waals surface area (Å²) >= 11 is 1.50. The maximum absolute atomic E-state index is 13.3. The molecule has 0 unspecified atom stereocenters. The Morgan fingerprint density at radius 1 is 1.40 bits per heavy atom. The van der Waals surface area contributed by atoms with Crippen molar-refractivity contribution >= 4 is 22.4 Å². The first kappa shape index (κ1) is 13.1. The normalized spacial score (nSPS) is 13.1. The molecule has 2 aromatic rings. The van der Waals surface area contributed by atoms with Gasteiger partial charge in [-0.2, -0.15) is 0 Å². The Hall–Kier alpha value is -1.95. The van der Waals surface area contributed by atoms with Crippen molar-refractivity contribution in [1.29, 1.82) is 0 Å². The lowest BCUT2D eigenvalue weighted by molar-refractivity contribution is -0.118. The SMILES string of the molecule is O=C(COc1ccccc1F)Nc1nc2c(s1)CCC2. The molecule has 4 nitrogen and oxygen atoms in total. The number of hydrogen-bond donors (Lipinski definition) is 1. The summed E-state index contributed by atoms with van der Waals surface area (Å²) in [6.07, 6.45) is 3.15. The van der Waals surface area contributed by atoms with Gasteiger partial charge in [0.2, 0.25) is 0 Å². The number of nitrogens with zero attached hydrogens (tertiary/aromatic N) is 1. The molecule has 0 radical (unpaired) electrons. The van der Waals surface area contributed by atoms with E-state index in [0.717, 1.165) is 25.0 Å². The second-order valence-electron chi connectivity index (χ2n) is 4.51. The predicted molar refractivity (Wildman–Crippen MR) is 74.7 cm³/mol. The Bertz CT molecular complexity index is 620. The molecule has 104 valence electrons. The van der Waals surface area contributed by atoms with Crippen molar-refractivity contribution in [2.45, 2.75) is 19.3 Å². The summed E-state index contributed by atoms with van der Waals surface area (Å²) in [6.45, 7) is -0.231. The predicted octanol–water partition coefficient (Wildman–Crippen LogP) is 2.79. The number of aryl methyl sites for hydroxylation is 2. The van der Waals surface area contributed by atoms with Gasteiger partial charge in [-0.15, -0.1) is 11.3 Å². The molecule has 1 N–H and O–H groups in total. The summed E-state index contributed by atoms with van der Waals surface area (Å²) in [5.74, 6) is -0.738. The summed E-state index contributed by atoms with van der Waals surface area (Å²) in [6, 6.07) is 6.00. The van der Waals surface area contributed by atoms with Crippen molar-refractivity contribution in [3.05, 3.63) is 40.7 Å². The zero-order chi connectivity index (χ0) is 13.9. The van der Waals surface area contributed by atoms with Crippen molar-refractivity contribution in [3.63, 3.8) is 0 Å². The molecule has 1 amide bonds. The molecule has 0 bridgehead atoms. The summed E-state index contributed by atoms with van der Waals surface area (Å²) in [4.78, 5) is 17.3. The number of carbonyl (C=O) groups excluding carboxylic acids is 1. The van der Waals surface area contributed by atoms with Crippen LogP contribution in [-0.4, -0.2) is 17.5 Å². The van der Waals surface area contributed by atoms with Gasteiger partial charge in [0.25, 0.3) is 5.91 Å². The van der Waals surface area contributed by atoms with E-state index in [1.807, 2.05) is 0 Å². The molecular formula is C14H13FN2O2S. The van der Waals surface area contributed by atoms with Gasteiger partial charge in [-0.25, -0.2) is 9.37 Å². The van der Waals surface area contributed by atoms with E-state index in [1.165, 1.54) is 28.3 Å². The number of anilines is 1. The number of rotatable bonds is 4. The molecule has 0 aliphatic heterocycles. The van der Waals surface area contributed by atoms with E-state index in [2.05, 4.69) is 10.3 Å². The molecule has 20 heavy (non-hydrogen) atoms. The Balaban J connectivity index is 1.56. The first-order valence-corrected chi connectivity index (χ1v) is 7.20. The van der Waals surface area contributed by atoms with Gasteiger partial charge in [-0.3, -0.25) is 10.1 Å². The summed E-state index contributed by atoms with van der Waals surface area (Å²) < 4.78 is 18.4. The fraction of sp³-hybridized carbons (Fsp3) is 0.286. The number of amides is 1. The fourth-order valence-electron chi connectivity index (χ4n) is 2.10. The van der Waals surface area contributed by atoms with E-state index in [-0.39, 0.29) is 18.3 Å². The van der Waals surface area contributed by atoms with Crippen LogP contribution in [0, 0.1) is 5.82 Å². The number of fused-ring (bicyclic) bond motifs is 1. The minimum absolute atomic E-state index is 0.0734. The molecule has 1 heterocycles. The zero-order valence-corrected chi connectivity index (χ0v) is 11.5. The largest absolute Gasteiger partial charge is 0.481 e. The van der Waals surface area contributed by atoms with Gasteiger partial charge in [-0.1, -0.05) is 12.1 Å². The number of nitrogens with one attached hydrogen (secondary N) is 1. The van der Waals surface area contributed by atoms with Crippen LogP contribution >= 0.6 is 11.3 Å². The third kappa shape index (κ3) is 2.80. The van der Waals surface area contributed by atoms with Crippen LogP contribution in [0.25, 0.3) is 0 Å². The first-order valence-electron chi connectivity index (χ1n) is 6.38. The van der Waals surface area contributed by atoms with Crippen molar-refractivity contribution in [2.24, 2.45) is 0 Å². The maximum Gasteiger partial charge on any atom is 0.264 e. The number of thiazole rings is 1.